The van der Waals surface area contributed by atoms with Crippen molar-refractivity contribution in [1.29, 1.82) is 0 Å². The molecule has 3 aliphatic rings. The molecule has 1 amide bonds. The van der Waals surface area contributed by atoms with Crippen molar-refractivity contribution in [2.75, 3.05) is 13.7 Å². The van der Waals surface area contributed by atoms with Crippen LogP contribution in [-0.2, 0) is 14.2 Å². The van der Waals surface area contributed by atoms with Gasteiger partial charge in [0, 0.05) is 19.1 Å². The van der Waals surface area contributed by atoms with Crippen LogP contribution in [0, 0.1) is 11.8 Å². The summed E-state index contributed by atoms with van der Waals surface area (Å²) in [6.45, 7) is 5.26. The largest absolute Gasteiger partial charge is 0.443 e. The summed E-state index contributed by atoms with van der Waals surface area (Å²) >= 11 is 0. The van der Waals surface area contributed by atoms with Crippen molar-refractivity contribution in [3.63, 3.8) is 0 Å². The number of ether oxygens (including phenoxy) is 3. The summed E-state index contributed by atoms with van der Waals surface area (Å²) in [5.74, 6) is 1.09. The third kappa shape index (κ3) is 3.66. The minimum absolute atomic E-state index is 0.00866. The van der Waals surface area contributed by atoms with Crippen molar-refractivity contribution in [3.8, 4) is 0 Å². The predicted molar refractivity (Wildman–Crippen MR) is 87.3 cm³/mol. The molecule has 132 valence electrons. The number of epoxide rings is 1. The Kier molecular flexibility index (Phi) is 5.16. The van der Waals surface area contributed by atoms with Gasteiger partial charge < -0.3 is 19.5 Å². The fourth-order valence-corrected chi connectivity index (χ4v) is 4.53. The Balaban J connectivity index is 1.53. The minimum Gasteiger partial charge on any atom is -0.443 e. The molecule has 5 heteroatoms. The highest BCUT2D eigenvalue weighted by atomic mass is 16.6. The maximum atomic E-state index is 12.3. The van der Waals surface area contributed by atoms with Crippen LogP contribution in [-0.4, -0.2) is 43.7 Å². The number of nitrogens with one attached hydrogen (secondary N) is 1. The fraction of sp³-hybridized carbons (Fsp3) is 0.944. The molecule has 3 unspecified atom stereocenters. The summed E-state index contributed by atoms with van der Waals surface area (Å²) < 4.78 is 17.2. The highest BCUT2D eigenvalue weighted by Crippen LogP contribution is 2.49. The first-order valence-electron chi connectivity index (χ1n) is 9.22. The lowest BCUT2D eigenvalue weighted by molar-refractivity contribution is -0.100. The molecule has 1 saturated heterocycles. The summed E-state index contributed by atoms with van der Waals surface area (Å²) in [5.41, 5.74) is -0.00866. The van der Waals surface area contributed by atoms with E-state index in [4.69, 9.17) is 14.2 Å². The van der Waals surface area contributed by atoms with Gasteiger partial charge in [0.05, 0.1) is 18.3 Å². The van der Waals surface area contributed by atoms with Crippen LogP contribution >= 0.6 is 0 Å². The molecule has 0 aromatic rings. The van der Waals surface area contributed by atoms with E-state index in [1.54, 1.807) is 7.11 Å². The Morgan fingerprint density at radius 3 is 2.52 bits per heavy atom. The van der Waals surface area contributed by atoms with Crippen LogP contribution in [0.5, 0.6) is 0 Å². The van der Waals surface area contributed by atoms with E-state index in [1.165, 1.54) is 12.8 Å². The summed E-state index contributed by atoms with van der Waals surface area (Å²) in [6, 6.07) is 0.267. The van der Waals surface area contributed by atoms with Crippen LogP contribution < -0.4 is 5.32 Å². The van der Waals surface area contributed by atoms with Crippen molar-refractivity contribution in [3.05, 3.63) is 0 Å². The van der Waals surface area contributed by atoms with Crippen LogP contribution in [0.1, 0.15) is 58.8 Å². The lowest BCUT2D eigenvalue weighted by Crippen LogP contribution is -2.51. The topological polar surface area (TPSA) is 60.1 Å². The Hall–Kier alpha value is -0.810. The molecule has 1 spiro atoms. The molecule has 0 aromatic carbocycles. The van der Waals surface area contributed by atoms with Crippen LogP contribution in [0.2, 0.25) is 0 Å². The molecule has 3 fully saturated rings. The van der Waals surface area contributed by atoms with E-state index < -0.39 is 0 Å². The average molecular weight is 325 g/mol. The molecule has 3 rings (SSSR count). The highest BCUT2D eigenvalue weighted by molar-refractivity contribution is 5.67. The van der Waals surface area contributed by atoms with Gasteiger partial charge in [0.25, 0.3) is 0 Å². The summed E-state index contributed by atoms with van der Waals surface area (Å²) in [7, 11) is 1.71. The van der Waals surface area contributed by atoms with Crippen LogP contribution in [0.4, 0.5) is 4.79 Å². The number of hydrogen-bond donors (Lipinski definition) is 1. The van der Waals surface area contributed by atoms with Crippen LogP contribution in [0.15, 0.2) is 0 Å². The standard InChI is InChI=1S/C18H31NO4/c1-4-14-16(21-3)15(9-10-18(14)11-22-18)23-17(20)19-13-7-5-12(2)6-8-13/h12-16H,4-11H2,1-3H3,(H,19,20)/t12-,13-,14?,15?,16?,18-/m0/s1. The fourth-order valence-electron chi connectivity index (χ4n) is 4.53. The Bertz CT molecular complexity index is 415. The molecule has 1 N–H and O–H groups in total. The van der Waals surface area contributed by atoms with Gasteiger partial charge in [-0.2, -0.15) is 0 Å². The zero-order valence-corrected chi connectivity index (χ0v) is 14.7. The molecule has 23 heavy (non-hydrogen) atoms. The van der Waals surface area contributed by atoms with Crippen molar-refractivity contribution in [2.24, 2.45) is 11.8 Å². The van der Waals surface area contributed by atoms with Gasteiger partial charge in [-0.3, -0.25) is 0 Å². The first-order chi connectivity index (χ1) is 11.1. The number of rotatable bonds is 4. The quantitative estimate of drug-likeness (QED) is 0.806. The second-order valence-corrected chi connectivity index (χ2v) is 7.65. The van der Waals surface area contributed by atoms with Gasteiger partial charge in [0.1, 0.15) is 6.10 Å². The van der Waals surface area contributed by atoms with Gasteiger partial charge in [-0.1, -0.05) is 13.8 Å². The normalized spacial score (nSPS) is 43.2. The lowest BCUT2D eigenvalue weighted by atomic mass is 9.74. The maximum Gasteiger partial charge on any atom is 0.407 e. The molecule has 1 aliphatic heterocycles. The van der Waals surface area contributed by atoms with E-state index in [1.807, 2.05) is 0 Å². The Labute approximate surface area is 139 Å². The molecule has 1 heterocycles. The number of carbonyl (C=O) groups excluding carboxylic acids is 1. The second-order valence-electron chi connectivity index (χ2n) is 7.65. The number of alkyl carbamates (subject to hydrolysis) is 1. The third-order valence-electron chi connectivity index (χ3n) is 6.11. The van der Waals surface area contributed by atoms with E-state index in [0.717, 1.165) is 44.6 Å². The summed E-state index contributed by atoms with van der Waals surface area (Å²) in [4.78, 5) is 12.3. The first kappa shape index (κ1) is 17.0. The smallest absolute Gasteiger partial charge is 0.407 e. The zero-order valence-electron chi connectivity index (χ0n) is 14.7. The number of methoxy groups -OCH3 is 1. The van der Waals surface area contributed by atoms with Gasteiger partial charge in [-0.25, -0.2) is 4.79 Å². The lowest BCUT2D eigenvalue weighted by Gasteiger charge is -2.40. The number of amides is 1. The highest BCUT2D eigenvalue weighted by Gasteiger charge is 2.58. The predicted octanol–water partition coefficient (Wildman–Crippen LogP) is 3.26. The molecule has 0 bridgehead atoms. The van der Waals surface area contributed by atoms with Gasteiger partial charge >= 0.3 is 6.09 Å². The van der Waals surface area contributed by atoms with E-state index in [9.17, 15) is 4.79 Å². The third-order valence-corrected chi connectivity index (χ3v) is 6.11. The SMILES string of the molecule is CCC1C(OC)C(OC(=O)N[C@H]2CC[C@H](C)CC2)CC[C@]12CO2. The summed E-state index contributed by atoms with van der Waals surface area (Å²) in [6.07, 6.45) is 6.76. The molecule has 2 saturated carbocycles. The van der Waals surface area contributed by atoms with Crippen molar-refractivity contribution in [1.82, 2.24) is 5.32 Å². The van der Waals surface area contributed by atoms with Gasteiger partial charge in [0.2, 0.25) is 0 Å². The second kappa shape index (κ2) is 6.98. The molecule has 0 aromatic heterocycles. The van der Waals surface area contributed by atoms with Crippen molar-refractivity contribution >= 4 is 6.09 Å². The van der Waals surface area contributed by atoms with Gasteiger partial charge in [-0.15, -0.1) is 0 Å². The van der Waals surface area contributed by atoms with Crippen LogP contribution in [0.25, 0.3) is 0 Å². The minimum atomic E-state index is -0.279. The Morgan fingerprint density at radius 2 is 1.96 bits per heavy atom. The first-order valence-corrected chi connectivity index (χ1v) is 9.22. The maximum absolute atomic E-state index is 12.3. The zero-order chi connectivity index (χ0) is 16.4. The number of hydrogen-bond acceptors (Lipinski definition) is 4. The number of carbonyl (C=O) groups is 1. The average Bonchev–Trinajstić information content (AvgIpc) is 3.31. The molecule has 4 atom stereocenters. The van der Waals surface area contributed by atoms with Crippen molar-refractivity contribution < 1.29 is 19.0 Å². The van der Waals surface area contributed by atoms with E-state index in [-0.39, 0.29) is 29.9 Å². The van der Waals surface area contributed by atoms with Gasteiger partial charge in [-0.05, 0) is 50.9 Å². The van der Waals surface area contributed by atoms with E-state index >= 15 is 0 Å². The molecule has 5 nitrogen and oxygen atoms in total. The Morgan fingerprint density at radius 1 is 1.26 bits per heavy atom. The van der Waals surface area contributed by atoms with Gasteiger partial charge in [0.15, 0.2) is 0 Å². The van der Waals surface area contributed by atoms with E-state index in [2.05, 4.69) is 19.2 Å². The van der Waals surface area contributed by atoms with Crippen molar-refractivity contribution in [2.45, 2.75) is 82.6 Å². The molecule has 0 radical (unpaired) electrons. The summed E-state index contributed by atoms with van der Waals surface area (Å²) in [5, 5.41) is 3.05. The molecular weight excluding hydrogens is 294 g/mol. The molecular formula is C18H31NO4. The molecule has 2 aliphatic carbocycles. The monoisotopic (exact) mass is 325 g/mol. The van der Waals surface area contributed by atoms with Crippen LogP contribution in [0.3, 0.4) is 0 Å². The van der Waals surface area contributed by atoms with E-state index in [0.29, 0.717) is 5.92 Å².